The Hall–Kier alpha value is -1.78. The first kappa shape index (κ1) is 12.3. The van der Waals surface area contributed by atoms with Gasteiger partial charge in [-0.2, -0.15) is 0 Å². The first-order valence-electron chi connectivity index (χ1n) is 4.73. The van der Waals surface area contributed by atoms with Crippen molar-refractivity contribution in [3.05, 3.63) is 35.4 Å². The molecule has 0 heterocycles. The fourth-order valence-corrected chi connectivity index (χ4v) is 1.17. The van der Waals surface area contributed by atoms with Crippen LogP contribution in [-0.4, -0.2) is 18.7 Å². The molecule has 0 saturated carbocycles. The molecule has 0 fully saturated rings. The molecule has 0 saturated heterocycles. The molecule has 1 N–H and O–H groups in total. The molecule has 86 valence electrons. The normalized spacial score (nSPS) is 9.94. The highest BCUT2D eigenvalue weighted by molar-refractivity contribution is 5.97. The monoisotopic (exact) mass is 227 g/mol. The predicted molar refractivity (Wildman–Crippen MR) is 54.0 cm³/mol. The average molecular weight is 227 g/mol. The smallest absolute Gasteiger partial charge is 0.220 e. The summed E-state index contributed by atoms with van der Waals surface area (Å²) in [4.78, 5) is 22.3. The highest BCUT2D eigenvalue weighted by Crippen LogP contribution is 2.11. The van der Waals surface area contributed by atoms with E-state index in [-0.39, 0.29) is 30.1 Å². The largest absolute Gasteiger partial charge is 0.359 e. The van der Waals surface area contributed by atoms with Gasteiger partial charge in [-0.3, -0.25) is 9.59 Å². The summed E-state index contributed by atoms with van der Waals surface area (Å²) in [6.07, 6.45) is 0.0130. The van der Waals surface area contributed by atoms with Crippen molar-refractivity contribution in [1.29, 1.82) is 0 Å². The summed E-state index contributed by atoms with van der Waals surface area (Å²) in [5, 5.41) is 2.37. The highest BCUT2D eigenvalue weighted by atomic mass is 19.2. The van der Waals surface area contributed by atoms with Crippen LogP contribution in [0.5, 0.6) is 0 Å². The molecule has 1 aromatic carbocycles. The highest BCUT2D eigenvalue weighted by Gasteiger charge is 2.11. The molecule has 16 heavy (non-hydrogen) atoms. The van der Waals surface area contributed by atoms with Crippen LogP contribution in [-0.2, 0) is 4.79 Å². The lowest BCUT2D eigenvalue weighted by molar-refractivity contribution is -0.120. The minimum atomic E-state index is -1.06. The van der Waals surface area contributed by atoms with Crippen LogP contribution in [0, 0.1) is 11.6 Å². The maximum atomic E-state index is 12.8. The van der Waals surface area contributed by atoms with Gasteiger partial charge in [0.25, 0.3) is 0 Å². The van der Waals surface area contributed by atoms with Gasteiger partial charge in [-0.25, -0.2) is 8.78 Å². The van der Waals surface area contributed by atoms with E-state index in [2.05, 4.69) is 5.32 Å². The SMILES string of the molecule is CNC(=O)CCC(=O)c1ccc(F)c(F)c1. The molecule has 5 heteroatoms. The number of Topliss-reactive ketones (excluding diaryl/α,β-unsaturated/α-hetero) is 1. The van der Waals surface area contributed by atoms with Crippen LogP contribution in [0.15, 0.2) is 18.2 Å². The Bertz CT molecular complexity index is 418. The van der Waals surface area contributed by atoms with E-state index in [0.29, 0.717) is 0 Å². The molecule has 0 radical (unpaired) electrons. The first-order valence-corrected chi connectivity index (χ1v) is 4.73. The third kappa shape index (κ3) is 3.12. The van der Waals surface area contributed by atoms with E-state index >= 15 is 0 Å². The van der Waals surface area contributed by atoms with E-state index in [4.69, 9.17) is 0 Å². The number of ketones is 1. The summed E-state index contributed by atoms with van der Waals surface area (Å²) in [6.45, 7) is 0. The lowest BCUT2D eigenvalue weighted by Crippen LogP contribution is -2.18. The Labute approximate surface area is 91.5 Å². The lowest BCUT2D eigenvalue weighted by atomic mass is 10.1. The number of rotatable bonds is 4. The van der Waals surface area contributed by atoms with Crippen LogP contribution in [0.4, 0.5) is 8.78 Å². The van der Waals surface area contributed by atoms with Gasteiger partial charge in [-0.15, -0.1) is 0 Å². The van der Waals surface area contributed by atoms with Crippen LogP contribution in [0.1, 0.15) is 23.2 Å². The van der Waals surface area contributed by atoms with Crippen molar-refractivity contribution < 1.29 is 18.4 Å². The molecule has 1 aromatic rings. The van der Waals surface area contributed by atoms with Gasteiger partial charge in [-0.05, 0) is 18.2 Å². The summed E-state index contributed by atoms with van der Waals surface area (Å²) in [7, 11) is 1.46. The Morgan fingerprint density at radius 1 is 1.19 bits per heavy atom. The lowest BCUT2D eigenvalue weighted by Gasteiger charge is -2.01. The van der Waals surface area contributed by atoms with Gasteiger partial charge in [0, 0.05) is 25.5 Å². The maximum absolute atomic E-state index is 12.8. The second kappa shape index (κ2) is 5.34. The summed E-state index contributed by atoms with van der Waals surface area (Å²) in [5.74, 6) is -2.72. The van der Waals surface area contributed by atoms with Gasteiger partial charge in [-0.1, -0.05) is 0 Å². The molecule has 1 rings (SSSR count). The van der Waals surface area contributed by atoms with Gasteiger partial charge in [0.2, 0.25) is 5.91 Å². The van der Waals surface area contributed by atoms with E-state index in [0.717, 1.165) is 12.1 Å². The molecular formula is C11H11F2NO2. The molecule has 0 spiro atoms. The molecule has 1 amide bonds. The third-order valence-electron chi connectivity index (χ3n) is 2.10. The van der Waals surface area contributed by atoms with Gasteiger partial charge in [0.1, 0.15) is 0 Å². The van der Waals surface area contributed by atoms with Crippen molar-refractivity contribution in [2.24, 2.45) is 0 Å². The van der Waals surface area contributed by atoms with Crippen molar-refractivity contribution in [2.75, 3.05) is 7.05 Å². The van der Waals surface area contributed by atoms with E-state index in [1.807, 2.05) is 0 Å². The standard InChI is InChI=1S/C11H11F2NO2/c1-14-11(16)5-4-10(15)7-2-3-8(12)9(13)6-7/h2-3,6H,4-5H2,1H3,(H,14,16). The summed E-state index contributed by atoms with van der Waals surface area (Å²) in [5.41, 5.74) is 0.0720. The van der Waals surface area contributed by atoms with E-state index in [1.165, 1.54) is 13.1 Å². The molecule has 0 bridgehead atoms. The fourth-order valence-electron chi connectivity index (χ4n) is 1.17. The number of hydrogen-bond acceptors (Lipinski definition) is 2. The van der Waals surface area contributed by atoms with Crippen molar-refractivity contribution in [2.45, 2.75) is 12.8 Å². The Kier molecular flexibility index (Phi) is 4.10. The molecule has 0 atom stereocenters. The maximum Gasteiger partial charge on any atom is 0.220 e. The minimum absolute atomic E-state index is 0.0231. The van der Waals surface area contributed by atoms with Gasteiger partial charge in [0.15, 0.2) is 17.4 Å². The molecule has 3 nitrogen and oxygen atoms in total. The Morgan fingerprint density at radius 3 is 2.44 bits per heavy atom. The van der Waals surface area contributed by atoms with Crippen LogP contribution in [0.2, 0.25) is 0 Å². The molecule has 0 aromatic heterocycles. The molecule has 0 unspecified atom stereocenters. The summed E-state index contributed by atoms with van der Waals surface area (Å²) in [6, 6.07) is 2.93. The van der Waals surface area contributed by atoms with Crippen LogP contribution in [0.3, 0.4) is 0 Å². The quantitative estimate of drug-likeness (QED) is 0.795. The van der Waals surface area contributed by atoms with E-state index in [9.17, 15) is 18.4 Å². The minimum Gasteiger partial charge on any atom is -0.359 e. The van der Waals surface area contributed by atoms with Gasteiger partial charge >= 0.3 is 0 Å². The predicted octanol–water partition coefficient (Wildman–Crippen LogP) is 1.67. The second-order valence-electron chi connectivity index (χ2n) is 3.23. The van der Waals surface area contributed by atoms with Crippen LogP contribution < -0.4 is 5.32 Å². The molecule has 0 aliphatic heterocycles. The van der Waals surface area contributed by atoms with Crippen LogP contribution in [0.25, 0.3) is 0 Å². The Balaban J connectivity index is 2.66. The molecular weight excluding hydrogens is 216 g/mol. The number of carbonyl (C=O) groups excluding carboxylic acids is 2. The number of carbonyl (C=O) groups is 2. The number of hydrogen-bond donors (Lipinski definition) is 1. The van der Waals surface area contributed by atoms with Crippen LogP contribution >= 0.6 is 0 Å². The molecule has 0 aliphatic rings. The third-order valence-corrected chi connectivity index (χ3v) is 2.10. The zero-order valence-corrected chi connectivity index (χ0v) is 8.72. The number of halogens is 2. The van der Waals surface area contributed by atoms with E-state index < -0.39 is 11.6 Å². The zero-order valence-electron chi connectivity index (χ0n) is 8.72. The number of benzene rings is 1. The summed E-state index contributed by atoms with van der Waals surface area (Å²) >= 11 is 0. The number of amides is 1. The van der Waals surface area contributed by atoms with Crippen molar-refractivity contribution >= 4 is 11.7 Å². The fraction of sp³-hybridized carbons (Fsp3) is 0.273. The summed E-state index contributed by atoms with van der Waals surface area (Å²) < 4.78 is 25.4. The second-order valence-corrected chi connectivity index (χ2v) is 3.23. The van der Waals surface area contributed by atoms with Gasteiger partial charge in [0.05, 0.1) is 0 Å². The Morgan fingerprint density at radius 2 is 1.88 bits per heavy atom. The topological polar surface area (TPSA) is 46.2 Å². The first-order chi connectivity index (χ1) is 7.54. The average Bonchev–Trinajstić information content (AvgIpc) is 2.29. The zero-order chi connectivity index (χ0) is 12.1. The van der Waals surface area contributed by atoms with Gasteiger partial charge < -0.3 is 5.32 Å². The van der Waals surface area contributed by atoms with Crippen molar-refractivity contribution in [3.8, 4) is 0 Å². The number of nitrogens with one attached hydrogen (secondary N) is 1. The van der Waals surface area contributed by atoms with E-state index in [1.54, 1.807) is 0 Å². The molecule has 0 aliphatic carbocycles. The van der Waals surface area contributed by atoms with Crippen molar-refractivity contribution in [3.63, 3.8) is 0 Å². The van der Waals surface area contributed by atoms with Crippen molar-refractivity contribution in [1.82, 2.24) is 5.32 Å².